The molecule has 2 aliphatic heterocycles. The molecule has 1 saturated heterocycles. The number of carbonyl (C=O) groups excluding carboxylic acids is 3. The zero-order chi connectivity index (χ0) is 33.5. The van der Waals surface area contributed by atoms with Crippen molar-refractivity contribution in [3.05, 3.63) is 42.6 Å². The number of sulfonamides is 1. The van der Waals surface area contributed by atoms with Gasteiger partial charge in [-0.05, 0) is 56.4 Å². The molecular weight excluding hydrogens is 658 g/mol. The number of benzene rings is 1. The number of allylic oxidation sites excluding steroid dienone is 1. The molecule has 3 fully saturated rings. The summed E-state index contributed by atoms with van der Waals surface area (Å²) in [5, 5.41) is 3.84. The Labute approximate surface area is 288 Å². The monoisotopic (exact) mass is 703 g/mol. The highest BCUT2D eigenvalue weighted by molar-refractivity contribution is 7.91. The zero-order valence-corrected chi connectivity index (χ0v) is 29.2. The Morgan fingerprint density at radius 2 is 1.90 bits per heavy atom. The molecule has 3 heterocycles. The molecule has 14 heteroatoms. The van der Waals surface area contributed by atoms with Crippen LogP contribution in [0.25, 0.3) is 10.8 Å². The molecule has 0 bridgehead atoms. The molecule has 6 rings (SSSR count). The Bertz CT molecular complexity index is 1680. The second kappa shape index (κ2) is 14.2. The minimum Gasteiger partial charge on any atom is -0.494 e. The lowest BCUT2D eigenvalue weighted by molar-refractivity contribution is -0.141. The Balaban J connectivity index is 0.00000451. The summed E-state index contributed by atoms with van der Waals surface area (Å²) in [6.07, 6.45) is 9.38. The van der Waals surface area contributed by atoms with E-state index in [0.717, 1.165) is 30.0 Å². The fourth-order valence-corrected chi connectivity index (χ4v) is 8.50. The minimum atomic E-state index is -3.84. The summed E-state index contributed by atoms with van der Waals surface area (Å²) in [5.41, 5.74) is 5.23. The molecule has 262 valence electrons. The van der Waals surface area contributed by atoms with E-state index < -0.39 is 50.8 Å². The Morgan fingerprint density at radius 1 is 1.17 bits per heavy atom. The second-order valence-corrected chi connectivity index (χ2v) is 15.6. The van der Waals surface area contributed by atoms with Crippen molar-refractivity contribution in [2.45, 2.75) is 94.2 Å². The van der Waals surface area contributed by atoms with E-state index >= 15 is 0 Å². The highest BCUT2D eigenvalue weighted by Gasteiger charge is 2.62. The number of nitrogens with one attached hydrogen (secondary N) is 2. The van der Waals surface area contributed by atoms with Gasteiger partial charge in [-0.2, -0.15) is 0 Å². The van der Waals surface area contributed by atoms with Gasteiger partial charge in [0.05, 0.1) is 31.1 Å². The topological polar surface area (TPSA) is 170 Å². The van der Waals surface area contributed by atoms with Crippen molar-refractivity contribution in [3.8, 4) is 11.6 Å². The molecule has 12 nitrogen and oxygen atoms in total. The maximum Gasteiger partial charge on any atom is 0.259 e. The quantitative estimate of drug-likeness (QED) is 0.367. The van der Waals surface area contributed by atoms with Crippen LogP contribution in [0.2, 0.25) is 0 Å². The maximum absolute atomic E-state index is 14.2. The molecule has 0 unspecified atom stereocenters. The van der Waals surface area contributed by atoms with Crippen LogP contribution in [0.4, 0.5) is 0 Å². The smallest absolute Gasteiger partial charge is 0.259 e. The van der Waals surface area contributed by atoms with Crippen LogP contribution >= 0.6 is 12.4 Å². The average Bonchev–Trinajstić information content (AvgIpc) is 3.98. The van der Waals surface area contributed by atoms with E-state index in [4.69, 9.17) is 15.2 Å². The summed E-state index contributed by atoms with van der Waals surface area (Å²) in [5.74, 6) is -0.865. The van der Waals surface area contributed by atoms with E-state index in [-0.39, 0.29) is 49.5 Å². The molecule has 2 aromatic rings. The van der Waals surface area contributed by atoms with Crippen molar-refractivity contribution in [2.24, 2.45) is 23.5 Å². The molecule has 2 saturated carbocycles. The summed E-state index contributed by atoms with van der Waals surface area (Å²) in [6, 6.07) is 5.71. The Kier molecular flexibility index (Phi) is 10.6. The van der Waals surface area contributed by atoms with Crippen LogP contribution in [0.5, 0.6) is 11.6 Å². The first-order valence-electron chi connectivity index (χ1n) is 16.7. The van der Waals surface area contributed by atoms with Crippen molar-refractivity contribution in [1.82, 2.24) is 19.9 Å². The fraction of sp³-hybridized carbons (Fsp3) is 0.588. The van der Waals surface area contributed by atoms with Crippen molar-refractivity contribution >= 4 is 50.9 Å². The summed E-state index contributed by atoms with van der Waals surface area (Å²) in [7, 11) is -2.27. The molecule has 1 aromatic heterocycles. The van der Waals surface area contributed by atoms with Gasteiger partial charge in [0.15, 0.2) is 0 Å². The lowest BCUT2D eigenvalue weighted by Gasteiger charge is -2.31. The Morgan fingerprint density at radius 3 is 2.58 bits per heavy atom. The first-order chi connectivity index (χ1) is 22.5. The number of nitrogens with zero attached hydrogens (tertiary/aromatic N) is 2. The summed E-state index contributed by atoms with van der Waals surface area (Å²) >= 11 is 0. The lowest BCUT2D eigenvalue weighted by atomic mass is 9.85. The number of rotatable bonds is 7. The van der Waals surface area contributed by atoms with Gasteiger partial charge in [-0.1, -0.05) is 50.6 Å². The number of ether oxygens (including phenoxy) is 2. The van der Waals surface area contributed by atoms with E-state index in [0.29, 0.717) is 36.8 Å². The van der Waals surface area contributed by atoms with Crippen molar-refractivity contribution < 1.29 is 32.3 Å². The van der Waals surface area contributed by atoms with Gasteiger partial charge in [0.2, 0.25) is 27.7 Å². The van der Waals surface area contributed by atoms with Crippen LogP contribution in [-0.4, -0.2) is 78.7 Å². The standard InChI is InChI=1S/C34H45N5O7S.ClH/c1-4-21-15-20(2)9-5-6-10-22-17-34(22,33(42)38-47(43,44)24-13-14-24)37-30(40)27-16-23(19-39(27)32(41)29(21)35)46-31-26-12-8-7-11-25(26)28(45-3)18-36-31;/h6-8,10-12,18,20-24,27,29H,4-5,9,13-17,19,35H2,1-3H3,(H,37,40)(H,38,42);1H/t20-,21-,22-,23-,27+,29+,34-;/m1./s1. The molecule has 0 radical (unpaired) electrons. The van der Waals surface area contributed by atoms with Gasteiger partial charge in [0.1, 0.15) is 23.4 Å². The van der Waals surface area contributed by atoms with Gasteiger partial charge in [-0.25, -0.2) is 13.4 Å². The number of pyridine rings is 1. The summed E-state index contributed by atoms with van der Waals surface area (Å²) in [6.45, 7) is 4.26. The second-order valence-electron chi connectivity index (χ2n) is 13.6. The van der Waals surface area contributed by atoms with E-state index in [1.807, 2.05) is 43.3 Å². The average molecular weight is 704 g/mol. The number of fused-ring (bicyclic) bond motifs is 3. The van der Waals surface area contributed by atoms with Crippen LogP contribution in [0.3, 0.4) is 0 Å². The predicted molar refractivity (Wildman–Crippen MR) is 183 cm³/mol. The van der Waals surface area contributed by atoms with Gasteiger partial charge >= 0.3 is 0 Å². The number of aromatic nitrogens is 1. The first kappa shape index (κ1) is 35.9. The van der Waals surface area contributed by atoms with Crippen LogP contribution in [0.15, 0.2) is 42.6 Å². The molecule has 4 aliphatic rings. The number of halogens is 1. The molecular formula is C34H46ClN5O7S. The predicted octanol–water partition coefficient (Wildman–Crippen LogP) is 3.23. The van der Waals surface area contributed by atoms with Gasteiger partial charge in [0, 0.05) is 23.1 Å². The van der Waals surface area contributed by atoms with Crippen LogP contribution in [0, 0.1) is 17.8 Å². The maximum atomic E-state index is 14.2. The minimum absolute atomic E-state index is 0. The molecule has 0 spiro atoms. The summed E-state index contributed by atoms with van der Waals surface area (Å²) < 4.78 is 39.6. The lowest BCUT2D eigenvalue weighted by Crippen LogP contribution is -2.58. The van der Waals surface area contributed by atoms with Crippen LogP contribution in [0.1, 0.15) is 65.2 Å². The number of methoxy groups -OCH3 is 1. The largest absolute Gasteiger partial charge is 0.494 e. The molecule has 7 atom stereocenters. The molecule has 1 aromatic carbocycles. The third-order valence-corrected chi connectivity index (χ3v) is 12.1. The van der Waals surface area contributed by atoms with E-state index in [2.05, 4.69) is 21.9 Å². The van der Waals surface area contributed by atoms with Gasteiger partial charge in [-0.3, -0.25) is 19.1 Å². The highest BCUT2D eigenvalue weighted by Crippen LogP contribution is 2.46. The van der Waals surface area contributed by atoms with Crippen LogP contribution in [-0.2, 0) is 24.4 Å². The highest BCUT2D eigenvalue weighted by atomic mass is 35.5. The molecule has 4 N–H and O–H groups in total. The zero-order valence-electron chi connectivity index (χ0n) is 27.6. The van der Waals surface area contributed by atoms with Crippen molar-refractivity contribution in [3.63, 3.8) is 0 Å². The van der Waals surface area contributed by atoms with E-state index in [1.54, 1.807) is 13.3 Å². The molecule has 2 aliphatic carbocycles. The number of carbonyl (C=O) groups is 3. The van der Waals surface area contributed by atoms with E-state index in [1.165, 1.54) is 4.90 Å². The third-order valence-electron chi connectivity index (χ3n) is 10.3. The number of amides is 3. The molecule has 48 heavy (non-hydrogen) atoms. The fourth-order valence-electron chi connectivity index (χ4n) is 7.13. The van der Waals surface area contributed by atoms with Gasteiger partial charge in [0.25, 0.3) is 5.91 Å². The SMILES string of the molecule is CC[C@@H]1C[C@H](C)CCC=C[C@@H]2C[C@@]2(C(=O)NS(=O)(=O)C2CC2)NC(=O)[C@@H]2C[C@@H](Oc3ncc(OC)c4ccccc34)CN2C(=O)[C@H]1N.Cl. The van der Waals surface area contributed by atoms with Crippen LogP contribution < -0.4 is 25.2 Å². The first-order valence-corrected chi connectivity index (χ1v) is 18.2. The van der Waals surface area contributed by atoms with Gasteiger partial charge in [-0.15, -0.1) is 12.4 Å². The van der Waals surface area contributed by atoms with E-state index in [9.17, 15) is 22.8 Å². The van der Waals surface area contributed by atoms with Crippen molar-refractivity contribution in [2.75, 3.05) is 13.7 Å². The van der Waals surface area contributed by atoms with Gasteiger partial charge < -0.3 is 25.4 Å². The third kappa shape index (κ3) is 7.13. The number of hydrogen-bond acceptors (Lipinski definition) is 9. The summed E-state index contributed by atoms with van der Waals surface area (Å²) in [4.78, 5) is 47.8. The van der Waals surface area contributed by atoms with Crippen molar-refractivity contribution in [1.29, 1.82) is 0 Å². The molecule has 3 amide bonds. The number of hydrogen-bond donors (Lipinski definition) is 3. The number of nitrogens with two attached hydrogens (primary N) is 1. The normalized spacial score (nSPS) is 31.0. The Hall–Kier alpha value is -3.42.